The fourth-order valence-electron chi connectivity index (χ4n) is 1.99. The molecule has 1 heterocycles. The van der Waals surface area contributed by atoms with Crippen LogP contribution in [0.25, 0.3) is 5.69 Å². The molecule has 0 saturated carbocycles. The summed E-state index contributed by atoms with van der Waals surface area (Å²) in [6.07, 6.45) is 0. The molecule has 2 rings (SSSR count). The first-order valence-electron chi connectivity index (χ1n) is 6.14. The van der Waals surface area contributed by atoms with Crippen molar-refractivity contribution in [2.45, 2.75) is 26.8 Å². The number of aromatic nitrogens is 2. The Labute approximate surface area is 127 Å². The van der Waals surface area contributed by atoms with E-state index in [9.17, 15) is 0 Å². The topological polar surface area (TPSA) is 29.9 Å². The Morgan fingerprint density at radius 2 is 2.05 bits per heavy atom. The molecule has 5 heteroatoms. The Bertz CT molecular complexity index is 607. The molecule has 0 aliphatic carbocycles. The lowest BCUT2D eigenvalue weighted by Crippen LogP contribution is -2.12. The Kier molecular flexibility index (Phi) is 4.33. The first-order chi connectivity index (χ1) is 8.95. The molecule has 2 aromatic rings. The number of aryl methyl sites for hydroxylation is 1. The molecule has 0 fully saturated rings. The molecule has 1 unspecified atom stereocenters. The Hall–Kier alpha value is -0.840. The van der Waals surface area contributed by atoms with Crippen molar-refractivity contribution in [3.05, 3.63) is 44.6 Å². The van der Waals surface area contributed by atoms with Gasteiger partial charge >= 0.3 is 0 Å². The van der Waals surface area contributed by atoms with Crippen LogP contribution in [0.4, 0.5) is 0 Å². The molecule has 0 saturated heterocycles. The van der Waals surface area contributed by atoms with Crippen molar-refractivity contribution in [1.29, 1.82) is 0 Å². The van der Waals surface area contributed by atoms with E-state index in [2.05, 4.69) is 39.3 Å². The number of nitrogens with one attached hydrogen (secondary N) is 1. The quantitative estimate of drug-likeness (QED) is 0.906. The van der Waals surface area contributed by atoms with E-state index in [4.69, 9.17) is 11.6 Å². The van der Waals surface area contributed by atoms with E-state index < -0.39 is 0 Å². The van der Waals surface area contributed by atoms with Crippen molar-refractivity contribution in [2.24, 2.45) is 0 Å². The lowest BCUT2D eigenvalue weighted by molar-refractivity contribution is 0.652. The second kappa shape index (κ2) is 5.65. The third-order valence-electron chi connectivity index (χ3n) is 3.34. The van der Waals surface area contributed by atoms with E-state index in [-0.39, 0.29) is 6.04 Å². The number of hydrogen-bond donors (Lipinski definition) is 1. The van der Waals surface area contributed by atoms with Gasteiger partial charge in [-0.3, -0.25) is 0 Å². The highest BCUT2D eigenvalue weighted by Gasteiger charge is 2.14. The highest BCUT2D eigenvalue weighted by molar-refractivity contribution is 9.10. The fourth-order valence-corrected chi connectivity index (χ4v) is 2.51. The second-order valence-electron chi connectivity index (χ2n) is 4.62. The zero-order valence-electron chi connectivity index (χ0n) is 11.5. The minimum absolute atomic E-state index is 0.277. The van der Waals surface area contributed by atoms with Crippen LogP contribution in [-0.4, -0.2) is 16.8 Å². The number of rotatable bonds is 3. The second-order valence-corrected chi connectivity index (χ2v) is 5.82. The highest BCUT2D eigenvalue weighted by atomic mass is 79.9. The number of benzene rings is 1. The molecular weight excluding hydrogens is 326 g/mol. The molecule has 1 aromatic carbocycles. The molecule has 0 aliphatic heterocycles. The minimum Gasteiger partial charge on any atom is -0.313 e. The van der Waals surface area contributed by atoms with Crippen LogP contribution < -0.4 is 5.32 Å². The summed E-state index contributed by atoms with van der Waals surface area (Å²) in [4.78, 5) is 0. The third-order valence-corrected chi connectivity index (χ3v) is 4.79. The zero-order chi connectivity index (χ0) is 14.2. The van der Waals surface area contributed by atoms with Crippen molar-refractivity contribution < 1.29 is 0 Å². The molecule has 0 radical (unpaired) electrons. The van der Waals surface area contributed by atoms with Crippen LogP contribution in [0.3, 0.4) is 0 Å². The number of halogens is 2. The maximum Gasteiger partial charge on any atom is 0.0835 e. The largest absolute Gasteiger partial charge is 0.313 e. The molecular formula is C14H17BrClN3. The normalized spacial score (nSPS) is 12.7. The smallest absolute Gasteiger partial charge is 0.0835 e. The van der Waals surface area contributed by atoms with Crippen LogP contribution in [0.1, 0.15) is 29.9 Å². The van der Waals surface area contributed by atoms with Crippen molar-refractivity contribution in [2.75, 3.05) is 7.05 Å². The average Bonchev–Trinajstić information content (AvgIpc) is 2.65. The van der Waals surface area contributed by atoms with Crippen LogP contribution in [0.2, 0.25) is 5.02 Å². The van der Waals surface area contributed by atoms with Gasteiger partial charge in [0.2, 0.25) is 0 Å². The van der Waals surface area contributed by atoms with E-state index >= 15 is 0 Å². The summed E-state index contributed by atoms with van der Waals surface area (Å²) >= 11 is 9.93. The summed E-state index contributed by atoms with van der Waals surface area (Å²) in [7, 11) is 1.94. The lowest BCUT2D eigenvalue weighted by atomic mass is 10.1. The fraction of sp³-hybridized carbons (Fsp3) is 0.357. The van der Waals surface area contributed by atoms with E-state index in [1.807, 2.05) is 37.7 Å². The van der Waals surface area contributed by atoms with Crippen molar-refractivity contribution in [3.8, 4) is 5.69 Å². The minimum atomic E-state index is 0.277. The summed E-state index contributed by atoms with van der Waals surface area (Å²) in [5.74, 6) is 0. The Balaban J connectivity index is 2.49. The van der Waals surface area contributed by atoms with Gasteiger partial charge in [-0.15, -0.1) is 0 Å². The maximum atomic E-state index is 6.39. The average molecular weight is 343 g/mol. The molecule has 102 valence electrons. The maximum absolute atomic E-state index is 6.39. The van der Waals surface area contributed by atoms with Crippen LogP contribution >= 0.6 is 27.5 Å². The zero-order valence-corrected chi connectivity index (χ0v) is 13.8. The van der Waals surface area contributed by atoms with E-state index in [0.717, 1.165) is 27.1 Å². The molecule has 3 nitrogen and oxygen atoms in total. The molecule has 0 amide bonds. The van der Waals surface area contributed by atoms with E-state index in [1.54, 1.807) is 0 Å². The first kappa shape index (κ1) is 14.6. The molecule has 19 heavy (non-hydrogen) atoms. The SMILES string of the molecule is CNC(C)c1ccc(-n2nc(C)c(Br)c2C)c(Cl)c1. The molecule has 0 aliphatic rings. The van der Waals surface area contributed by atoms with E-state index in [0.29, 0.717) is 5.02 Å². The van der Waals surface area contributed by atoms with Crippen molar-refractivity contribution >= 4 is 27.5 Å². The molecule has 1 N–H and O–H groups in total. The number of hydrogen-bond acceptors (Lipinski definition) is 2. The van der Waals surface area contributed by atoms with Gasteiger partial charge in [-0.05, 0) is 61.4 Å². The van der Waals surface area contributed by atoms with Gasteiger partial charge in [0, 0.05) is 6.04 Å². The molecule has 0 spiro atoms. The molecule has 0 bridgehead atoms. The van der Waals surface area contributed by atoms with Gasteiger partial charge in [-0.2, -0.15) is 5.10 Å². The Morgan fingerprint density at radius 1 is 1.37 bits per heavy atom. The molecule has 1 atom stereocenters. The summed E-state index contributed by atoms with van der Waals surface area (Å²) in [6, 6.07) is 6.35. The lowest BCUT2D eigenvalue weighted by Gasteiger charge is -2.13. The summed E-state index contributed by atoms with van der Waals surface area (Å²) in [6.45, 7) is 6.09. The summed E-state index contributed by atoms with van der Waals surface area (Å²) in [5, 5.41) is 8.42. The van der Waals surface area contributed by atoms with E-state index in [1.165, 1.54) is 0 Å². The Morgan fingerprint density at radius 3 is 2.53 bits per heavy atom. The van der Waals surface area contributed by atoms with Gasteiger partial charge in [0.25, 0.3) is 0 Å². The van der Waals surface area contributed by atoms with Gasteiger partial charge in [0.1, 0.15) is 0 Å². The van der Waals surface area contributed by atoms with Crippen molar-refractivity contribution in [3.63, 3.8) is 0 Å². The number of nitrogens with zero attached hydrogens (tertiary/aromatic N) is 2. The standard InChI is InChI=1S/C14H17BrClN3/c1-8(17-4)11-5-6-13(12(16)7-11)19-10(3)14(15)9(2)18-19/h5-8,17H,1-4H3. The third kappa shape index (κ3) is 2.71. The van der Waals surface area contributed by atoms with Crippen LogP contribution in [0.15, 0.2) is 22.7 Å². The van der Waals surface area contributed by atoms with Gasteiger partial charge in [-0.25, -0.2) is 4.68 Å². The summed E-state index contributed by atoms with van der Waals surface area (Å²) < 4.78 is 2.89. The first-order valence-corrected chi connectivity index (χ1v) is 7.31. The van der Waals surface area contributed by atoms with Gasteiger partial charge in [0.05, 0.1) is 26.6 Å². The predicted molar refractivity (Wildman–Crippen MR) is 83.2 cm³/mol. The van der Waals surface area contributed by atoms with Gasteiger partial charge < -0.3 is 5.32 Å². The van der Waals surface area contributed by atoms with Crippen LogP contribution in [-0.2, 0) is 0 Å². The van der Waals surface area contributed by atoms with Crippen LogP contribution in [0.5, 0.6) is 0 Å². The van der Waals surface area contributed by atoms with Gasteiger partial charge in [-0.1, -0.05) is 17.7 Å². The van der Waals surface area contributed by atoms with Crippen molar-refractivity contribution in [1.82, 2.24) is 15.1 Å². The summed E-state index contributed by atoms with van der Waals surface area (Å²) in [5.41, 5.74) is 4.08. The van der Waals surface area contributed by atoms with Gasteiger partial charge in [0.15, 0.2) is 0 Å². The monoisotopic (exact) mass is 341 g/mol. The predicted octanol–water partition coefficient (Wildman–Crippen LogP) is 4.19. The molecule has 1 aromatic heterocycles. The van der Waals surface area contributed by atoms with Crippen LogP contribution in [0, 0.1) is 13.8 Å². The highest BCUT2D eigenvalue weighted by Crippen LogP contribution is 2.28.